The predicted molar refractivity (Wildman–Crippen MR) is 137 cm³/mol. The lowest BCUT2D eigenvalue weighted by Crippen LogP contribution is -2.61. The molecule has 4 amide bonds. The first kappa shape index (κ1) is 23.7. The molecule has 0 aromatic carbocycles. The Hall–Kier alpha value is -2.35. The van der Waals surface area contributed by atoms with E-state index in [1.54, 1.807) is 0 Å². The van der Waals surface area contributed by atoms with Crippen molar-refractivity contribution in [2.75, 3.05) is 26.2 Å². The second-order valence-electron chi connectivity index (χ2n) is 13.2. The Morgan fingerprint density at radius 3 is 2.49 bits per heavy atom. The van der Waals surface area contributed by atoms with Crippen molar-refractivity contribution in [1.29, 1.82) is 0 Å². The lowest BCUT2D eigenvalue weighted by molar-refractivity contribution is -0.164. The summed E-state index contributed by atoms with van der Waals surface area (Å²) in [4.78, 5) is 43.9. The highest BCUT2D eigenvalue weighted by Crippen LogP contribution is 2.60. The number of amides is 4. The maximum Gasteiger partial charge on any atom is 0.320 e. The van der Waals surface area contributed by atoms with Crippen LogP contribution in [-0.4, -0.2) is 77.1 Å². The summed E-state index contributed by atoms with van der Waals surface area (Å²) in [5.74, 6) is 1.60. The van der Waals surface area contributed by atoms with Gasteiger partial charge >= 0.3 is 6.03 Å². The minimum Gasteiger partial charge on any atom is -0.393 e. The molecule has 1 spiro atoms. The molecule has 4 unspecified atom stereocenters. The van der Waals surface area contributed by atoms with Crippen molar-refractivity contribution in [2.45, 2.75) is 76.0 Å². The van der Waals surface area contributed by atoms with Crippen LogP contribution in [0.1, 0.15) is 57.8 Å². The fourth-order valence-corrected chi connectivity index (χ4v) is 9.46. The van der Waals surface area contributed by atoms with E-state index < -0.39 is 5.41 Å². The molecule has 3 N–H and O–H groups in total. The van der Waals surface area contributed by atoms with Crippen molar-refractivity contribution >= 4 is 17.8 Å². The summed E-state index contributed by atoms with van der Waals surface area (Å²) in [7, 11) is 0. The van der Waals surface area contributed by atoms with Gasteiger partial charge in [0, 0.05) is 38.1 Å². The molecule has 4 saturated carbocycles. The number of rotatable bonds is 2. The van der Waals surface area contributed by atoms with Gasteiger partial charge in [-0.1, -0.05) is 24.3 Å². The van der Waals surface area contributed by atoms with Gasteiger partial charge in [-0.2, -0.15) is 0 Å². The zero-order valence-corrected chi connectivity index (χ0v) is 21.6. The molecule has 8 aliphatic rings. The SMILES string of the molecule is O=C(N1CCC2(CC1)C(=O)NC1C=CC=CC12)N1CCC[C@H](NC(=O)C23CC4CC(C2)C(O)C(C4)C3)C1. The minimum atomic E-state index is -0.410. The Balaban J connectivity index is 0.966. The minimum absolute atomic E-state index is 0.0141. The lowest BCUT2D eigenvalue weighted by Gasteiger charge is -2.58. The monoisotopic (exact) mass is 508 g/mol. The van der Waals surface area contributed by atoms with E-state index in [0.717, 1.165) is 51.5 Å². The third-order valence-corrected chi connectivity index (χ3v) is 11.2. The zero-order valence-electron chi connectivity index (χ0n) is 21.6. The molecule has 8 rings (SSSR count). The molecular weight excluding hydrogens is 468 g/mol. The van der Waals surface area contributed by atoms with Crippen LogP contribution >= 0.6 is 0 Å². The van der Waals surface area contributed by atoms with Crippen molar-refractivity contribution in [3.63, 3.8) is 0 Å². The van der Waals surface area contributed by atoms with Crippen molar-refractivity contribution in [3.05, 3.63) is 24.3 Å². The maximum atomic E-state index is 13.6. The van der Waals surface area contributed by atoms with E-state index >= 15 is 0 Å². The molecule has 0 aromatic heterocycles. The molecule has 8 nitrogen and oxygen atoms in total. The molecule has 8 heteroatoms. The van der Waals surface area contributed by atoms with E-state index in [-0.39, 0.29) is 59.2 Å². The Morgan fingerprint density at radius 2 is 1.73 bits per heavy atom. The molecule has 200 valence electrons. The summed E-state index contributed by atoms with van der Waals surface area (Å²) in [5, 5.41) is 17.1. The highest BCUT2D eigenvalue weighted by Gasteiger charge is 2.58. The topological polar surface area (TPSA) is 102 Å². The molecular formula is C29H40N4O4. The van der Waals surface area contributed by atoms with Crippen molar-refractivity contribution in [1.82, 2.24) is 20.4 Å². The predicted octanol–water partition coefficient (Wildman–Crippen LogP) is 2.20. The van der Waals surface area contributed by atoms with Crippen LogP contribution < -0.4 is 10.6 Å². The summed E-state index contributed by atoms with van der Waals surface area (Å²) in [6.07, 6.45) is 15.9. The van der Waals surface area contributed by atoms with E-state index in [0.29, 0.717) is 38.4 Å². The maximum absolute atomic E-state index is 13.6. The number of likely N-dealkylation sites (tertiary alicyclic amines) is 2. The number of piperidine rings is 2. The average molecular weight is 509 g/mol. The lowest BCUT2D eigenvalue weighted by atomic mass is 9.48. The van der Waals surface area contributed by atoms with Crippen molar-refractivity contribution in [2.24, 2.45) is 34.5 Å². The molecule has 3 aliphatic heterocycles. The number of nitrogens with one attached hydrogen (secondary N) is 2. The first-order valence-electron chi connectivity index (χ1n) is 14.6. The molecule has 0 radical (unpaired) electrons. The van der Waals surface area contributed by atoms with E-state index in [1.165, 1.54) is 0 Å². The molecule has 5 aliphatic carbocycles. The van der Waals surface area contributed by atoms with Gasteiger partial charge in [-0.3, -0.25) is 9.59 Å². The normalized spacial score (nSPS) is 43.2. The average Bonchev–Trinajstić information content (AvgIpc) is 3.17. The number of urea groups is 1. The third kappa shape index (κ3) is 3.68. The molecule has 5 atom stereocenters. The number of carbonyl (C=O) groups excluding carboxylic acids is 3. The smallest absolute Gasteiger partial charge is 0.320 e. The largest absolute Gasteiger partial charge is 0.393 e. The fourth-order valence-electron chi connectivity index (χ4n) is 9.46. The Bertz CT molecular complexity index is 1030. The number of allylic oxidation sites excluding steroid dienone is 2. The Labute approximate surface area is 218 Å². The van der Waals surface area contributed by atoms with E-state index in [1.807, 2.05) is 22.0 Å². The summed E-state index contributed by atoms with van der Waals surface area (Å²) in [6, 6.07) is 0.101. The van der Waals surface area contributed by atoms with Crippen LogP contribution in [-0.2, 0) is 9.59 Å². The second kappa shape index (κ2) is 8.58. The number of nitrogens with zero attached hydrogens (tertiary/aromatic N) is 2. The first-order valence-corrected chi connectivity index (χ1v) is 14.6. The molecule has 7 fully saturated rings. The van der Waals surface area contributed by atoms with Gasteiger partial charge in [0.2, 0.25) is 11.8 Å². The Morgan fingerprint density at radius 1 is 1.00 bits per heavy atom. The number of fused-ring (bicyclic) bond motifs is 2. The number of aliphatic hydroxyl groups is 1. The van der Waals surface area contributed by atoms with Crippen molar-refractivity contribution in [3.8, 4) is 0 Å². The Kier molecular flexibility index (Phi) is 5.51. The van der Waals surface area contributed by atoms with Gasteiger partial charge in [0.25, 0.3) is 0 Å². The van der Waals surface area contributed by atoms with Crippen LogP contribution in [0.2, 0.25) is 0 Å². The van der Waals surface area contributed by atoms with Crippen LogP contribution in [0.4, 0.5) is 4.79 Å². The number of hydrogen-bond acceptors (Lipinski definition) is 4. The quantitative estimate of drug-likeness (QED) is 0.532. The van der Waals surface area contributed by atoms with Gasteiger partial charge in [0.15, 0.2) is 0 Å². The van der Waals surface area contributed by atoms with Gasteiger partial charge in [0.1, 0.15) is 0 Å². The van der Waals surface area contributed by atoms with Gasteiger partial charge in [-0.05, 0) is 75.5 Å². The number of aliphatic hydroxyl groups excluding tert-OH is 1. The molecule has 37 heavy (non-hydrogen) atoms. The molecule has 0 aromatic rings. The standard InChI is InChI=1S/C29H40N4O4/c34-24-19-12-18-13-20(24)16-28(14-18,15-19)25(35)30-21-4-3-9-33(17-21)27(37)32-10-7-29(8-11-32)22-5-1-2-6-23(22)31-26(29)36/h1-2,5-6,18-24,34H,3-4,7-17H2,(H,30,35)(H,31,36)/t18?,19?,20?,21-,22?,23?,24?,28?/m0/s1. The van der Waals surface area contributed by atoms with Crippen LogP contribution in [0.25, 0.3) is 0 Å². The van der Waals surface area contributed by atoms with Gasteiger partial charge < -0.3 is 25.5 Å². The highest BCUT2D eigenvalue weighted by atomic mass is 16.3. The molecule has 4 bridgehead atoms. The highest BCUT2D eigenvalue weighted by molar-refractivity contribution is 5.87. The summed E-state index contributed by atoms with van der Waals surface area (Å²) >= 11 is 0. The van der Waals surface area contributed by atoms with Crippen LogP contribution in [0.15, 0.2) is 24.3 Å². The fraction of sp³-hybridized carbons (Fsp3) is 0.759. The van der Waals surface area contributed by atoms with Crippen LogP contribution in [0.5, 0.6) is 0 Å². The first-order chi connectivity index (χ1) is 17.9. The van der Waals surface area contributed by atoms with E-state index in [4.69, 9.17) is 0 Å². The number of hydrogen-bond donors (Lipinski definition) is 3. The summed E-state index contributed by atoms with van der Waals surface area (Å²) < 4.78 is 0. The zero-order chi connectivity index (χ0) is 25.4. The van der Waals surface area contributed by atoms with Crippen LogP contribution in [0.3, 0.4) is 0 Å². The van der Waals surface area contributed by atoms with Gasteiger partial charge in [-0.25, -0.2) is 4.79 Å². The van der Waals surface area contributed by atoms with E-state index in [9.17, 15) is 19.5 Å². The number of carbonyl (C=O) groups is 3. The van der Waals surface area contributed by atoms with Gasteiger partial charge in [-0.15, -0.1) is 0 Å². The molecule has 3 heterocycles. The van der Waals surface area contributed by atoms with Crippen LogP contribution in [0, 0.1) is 34.5 Å². The van der Waals surface area contributed by atoms with Crippen molar-refractivity contribution < 1.29 is 19.5 Å². The summed E-state index contributed by atoms with van der Waals surface area (Å²) in [5.41, 5.74) is -0.724. The summed E-state index contributed by atoms with van der Waals surface area (Å²) in [6.45, 7) is 2.46. The van der Waals surface area contributed by atoms with Gasteiger partial charge in [0.05, 0.1) is 23.0 Å². The second-order valence-corrected chi connectivity index (χ2v) is 13.2. The third-order valence-electron chi connectivity index (χ3n) is 11.2. The van der Waals surface area contributed by atoms with E-state index in [2.05, 4.69) is 22.8 Å². The molecule has 3 saturated heterocycles.